The van der Waals surface area contributed by atoms with E-state index in [0.29, 0.717) is 5.82 Å². The highest BCUT2D eigenvalue weighted by molar-refractivity contribution is 5.72. The van der Waals surface area contributed by atoms with Crippen LogP contribution in [0, 0.1) is 0 Å². The maximum absolute atomic E-state index is 5.23. The summed E-state index contributed by atoms with van der Waals surface area (Å²) in [6.07, 6.45) is 5.37. The van der Waals surface area contributed by atoms with Gasteiger partial charge in [0.1, 0.15) is 17.3 Å². The minimum absolute atomic E-state index is 0.567. The second kappa shape index (κ2) is 7.84. The number of benzene rings is 1. The molecule has 0 saturated carbocycles. The summed E-state index contributed by atoms with van der Waals surface area (Å²) in [7, 11) is 3.49. The maximum Gasteiger partial charge on any atom is 0.180 e. The summed E-state index contributed by atoms with van der Waals surface area (Å²) in [6.45, 7) is 0. The van der Waals surface area contributed by atoms with Gasteiger partial charge in [0.25, 0.3) is 0 Å². The Balaban J connectivity index is 1.76. The molecule has 1 aromatic carbocycles. The lowest BCUT2D eigenvalue weighted by Gasteiger charge is -2.09. The van der Waals surface area contributed by atoms with Gasteiger partial charge in [0.2, 0.25) is 0 Å². The third-order valence-electron chi connectivity index (χ3n) is 4.33. The van der Waals surface area contributed by atoms with Gasteiger partial charge in [-0.3, -0.25) is 9.97 Å². The van der Waals surface area contributed by atoms with Crippen LogP contribution in [0.4, 0.5) is 5.82 Å². The SMILES string of the molecule is CNc1cc(-c2cncc(-c3ccc(OC)cc3)c2)nc(-c2ccccn2)n1. The van der Waals surface area contributed by atoms with Crippen LogP contribution in [-0.2, 0) is 0 Å². The first-order valence-electron chi connectivity index (χ1n) is 8.85. The van der Waals surface area contributed by atoms with Crippen molar-refractivity contribution in [1.82, 2.24) is 19.9 Å². The number of rotatable bonds is 5. The highest BCUT2D eigenvalue weighted by Crippen LogP contribution is 2.28. The minimum Gasteiger partial charge on any atom is -0.497 e. The van der Waals surface area contributed by atoms with Crippen molar-refractivity contribution in [1.29, 1.82) is 0 Å². The number of hydrogen-bond donors (Lipinski definition) is 1. The molecular formula is C22H19N5O. The van der Waals surface area contributed by atoms with E-state index in [0.717, 1.165) is 39.6 Å². The molecule has 4 rings (SSSR count). The molecule has 1 N–H and O–H groups in total. The summed E-state index contributed by atoms with van der Waals surface area (Å²) in [5.41, 5.74) is 4.47. The number of methoxy groups -OCH3 is 1. The van der Waals surface area contributed by atoms with Gasteiger partial charge in [-0.2, -0.15) is 0 Å². The monoisotopic (exact) mass is 369 g/mol. The fraction of sp³-hybridized carbons (Fsp3) is 0.0909. The predicted molar refractivity (Wildman–Crippen MR) is 110 cm³/mol. The van der Waals surface area contributed by atoms with E-state index in [1.165, 1.54) is 0 Å². The lowest BCUT2D eigenvalue weighted by Crippen LogP contribution is -2.00. The quantitative estimate of drug-likeness (QED) is 0.565. The fourth-order valence-corrected chi connectivity index (χ4v) is 2.85. The first-order valence-corrected chi connectivity index (χ1v) is 8.85. The average Bonchev–Trinajstić information content (AvgIpc) is 2.79. The van der Waals surface area contributed by atoms with E-state index < -0.39 is 0 Å². The summed E-state index contributed by atoms with van der Waals surface area (Å²) < 4.78 is 5.23. The molecule has 6 nitrogen and oxygen atoms in total. The molecule has 0 amide bonds. The molecule has 0 aliphatic rings. The van der Waals surface area contributed by atoms with E-state index in [9.17, 15) is 0 Å². The van der Waals surface area contributed by atoms with Gasteiger partial charge in [0.15, 0.2) is 5.82 Å². The van der Waals surface area contributed by atoms with Gasteiger partial charge in [0, 0.05) is 42.8 Å². The van der Waals surface area contributed by atoms with Crippen LogP contribution in [0.15, 0.2) is 73.2 Å². The summed E-state index contributed by atoms with van der Waals surface area (Å²) in [5.74, 6) is 2.11. The Morgan fingerprint density at radius 3 is 2.36 bits per heavy atom. The number of nitrogens with one attached hydrogen (secondary N) is 1. The minimum atomic E-state index is 0.567. The largest absolute Gasteiger partial charge is 0.497 e. The standard InChI is InChI=1S/C22H19N5O/c1-23-21-12-20(26-22(27-21)19-5-3-4-10-25-19)17-11-16(13-24-14-17)15-6-8-18(28-2)9-7-15/h3-14H,1-2H3,(H,23,26,27). The molecular weight excluding hydrogens is 350 g/mol. The smallest absolute Gasteiger partial charge is 0.180 e. The molecule has 0 unspecified atom stereocenters. The van der Waals surface area contributed by atoms with Gasteiger partial charge in [0.05, 0.1) is 12.8 Å². The second-order valence-corrected chi connectivity index (χ2v) is 6.12. The Morgan fingerprint density at radius 1 is 0.821 bits per heavy atom. The number of aromatic nitrogens is 4. The van der Waals surface area contributed by atoms with Gasteiger partial charge in [-0.05, 0) is 35.9 Å². The van der Waals surface area contributed by atoms with Crippen LogP contribution in [0.2, 0.25) is 0 Å². The fourth-order valence-electron chi connectivity index (χ4n) is 2.85. The molecule has 3 heterocycles. The van der Waals surface area contributed by atoms with Crippen LogP contribution in [-0.4, -0.2) is 34.1 Å². The van der Waals surface area contributed by atoms with Crippen LogP contribution in [0.1, 0.15) is 0 Å². The Hall–Kier alpha value is -3.80. The second-order valence-electron chi connectivity index (χ2n) is 6.12. The van der Waals surface area contributed by atoms with Crippen molar-refractivity contribution >= 4 is 5.82 Å². The molecule has 0 aliphatic carbocycles. The third-order valence-corrected chi connectivity index (χ3v) is 4.33. The van der Waals surface area contributed by atoms with Crippen LogP contribution in [0.3, 0.4) is 0 Å². The molecule has 0 bridgehead atoms. The van der Waals surface area contributed by atoms with Gasteiger partial charge >= 0.3 is 0 Å². The van der Waals surface area contributed by atoms with Gasteiger partial charge < -0.3 is 10.1 Å². The van der Waals surface area contributed by atoms with Crippen LogP contribution in [0.25, 0.3) is 33.9 Å². The molecule has 0 fully saturated rings. The third kappa shape index (κ3) is 3.66. The first-order chi connectivity index (χ1) is 13.8. The zero-order valence-electron chi connectivity index (χ0n) is 15.6. The number of pyridine rings is 2. The molecule has 28 heavy (non-hydrogen) atoms. The molecule has 3 aromatic heterocycles. The number of hydrogen-bond acceptors (Lipinski definition) is 6. The van der Waals surface area contributed by atoms with Crippen molar-refractivity contribution in [2.45, 2.75) is 0 Å². The molecule has 0 radical (unpaired) electrons. The van der Waals surface area contributed by atoms with E-state index in [1.54, 1.807) is 19.5 Å². The average molecular weight is 369 g/mol. The topological polar surface area (TPSA) is 72.8 Å². The molecule has 0 saturated heterocycles. The number of nitrogens with zero attached hydrogens (tertiary/aromatic N) is 4. The van der Waals surface area contributed by atoms with Gasteiger partial charge in [-0.15, -0.1) is 0 Å². The summed E-state index contributed by atoms with van der Waals surface area (Å²) >= 11 is 0. The Kier molecular flexibility index (Phi) is 4.93. The van der Waals surface area contributed by atoms with Crippen LogP contribution in [0.5, 0.6) is 5.75 Å². The summed E-state index contributed by atoms with van der Waals surface area (Å²) in [4.78, 5) is 18.0. The van der Waals surface area contributed by atoms with E-state index in [4.69, 9.17) is 9.72 Å². The first kappa shape index (κ1) is 17.6. The lowest BCUT2D eigenvalue weighted by atomic mass is 10.0. The van der Waals surface area contributed by atoms with Crippen molar-refractivity contribution in [3.63, 3.8) is 0 Å². The van der Waals surface area contributed by atoms with E-state index in [2.05, 4.69) is 26.3 Å². The van der Waals surface area contributed by atoms with Crippen molar-refractivity contribution in [3.8, 4) is 39.7 Å². The summed E-state index contributed by atoms with van der Waals surface area (Å²) in [6, 6.07) is 17.5. The van der Waals surface area contributed by atoms with Crippen molar-refractivity contribution < 1.29 is 4.74 Å². The van der Waals surface area contributed by atoms with Crippen molar-refractivity contribution in [3.05, 3.63) is 73.2 Å². The van der Waals surface area contributed by atoms with Crippen molar-refractivity contribution in [2.24, 2.45) is 0 Å². The van der Waals surface area contributed by atoms with E-state index in [1.807, 2.05) is 61.8 Å². The zero-order chi connectivity index (χ0) is 19.3. The Labute approximate surface area is 163 Å². The zero-order valence-corrected chi connectivity index (χ0v) is 15.6. The number of anilines is 1. The van der Waals surface area contributed by atoms with Crippen LogP contribution < -0.4 is 10.1 Å². The molecule has 0 spiro atoms. The molecule has 0 aliphatic heterocycles. The van der Waals surface area contributed by atoms with Crippen LogP contribution >= 0.6 is 0 Å². The summed E-state index contributed by atoms with van der Waals surface area (Å²) in [5, 5.41) is 3.09. The highest BCUT2D eigenvalue weighted by atomic mass is 16.5. The molecule has 138 valence electrons. The normalized spacial score (nSPS) is 10.5. The van der Waals surface area contributed by atoms with Crippen molar-refractivity contribution in [2.75, 3.05) is 19.5 Å². The molecule has 4 aromatic rings. The van der Waals surface area contributed by atoms with E-state index >= 15 is 0 Å². The Bertz CT molecular complexity index is 1080. The molecule has 0 atom stereocenters. The van der Waals surface area contributed by atoms with Gasteiger partial charge in [-0.25, -0.2) is 9.97 Å². The predicted octanol–water partition coefficient (Wildman–Crippen LogP) is 4.32. The lowest BCUT2D eigenvalue weighted by molar-refractivity contribution is 0.415. The molecule has 6 heteroatoms. The van der Waals surface area contributed by atoms with E-state index in [-0.39, 0.29) is 0 Å². The number of ether oxygens (including phenoxy) is 1. The maximum atomic E-state index is 5.23. The van der Waals surface area contributed by atoms with Gasteiger partial charge in [-0.1, -0.05) is 18.2 Å². The highest BCUT2D eigenvalue weighted by Gasteiger charge is 2.10. The Morgan fingerprint density at radius 2 is 1.64 bits per heavy atom.